The van der Waals surface area contributed by atoms with Crippen LogP contribution in [0.2, 0.25) is 18.1 Å². The maximum absolute atomic E-state index is 7.38. The molecule has 1 fully saturated rings. The zero-order chi connectivity index (χ0) is 27.8. The summed E-state index contributed by atoms with van der Waals surface area (Å²) in [5, 5.41) is 0.154. The first kappa shape index (κ1) is 28.8. The minimum atomic E-state index is -2.02. The first-order chi connectivity index (χ1) is 17.6. The lowest BCUT2D eigenvalue weighted by Crippen LogP contribution is -2.44. The number of hydrogen-bond acceptors (Lipinski definition) is 3. The third-order valence-corrected chi connectivity index (χ3v) is 15.9. The number of nitrogens with zero attached hydrogens (tertiary/aromatic N) is 1. The minimum absolute atomic E-state index is 0.0681. The standard InChI is InChI=1S/C33H48INO2Si/c1-20(2)29-27-28(33(17-11-12-25(33)34)36-30(27)22-15-13-21(3)14-16-22)26-23(35-29)18-32(7,8)19-24(26)37-38(9,10)31(4,5)6/h13-16,20,24-25,30H,11-12,17-19H2,1-10H3/t24-,25?,30+,33?/m0/s1. The second-order valence-corrected chi connectivity index (χ2v) is 21.1. The number of halogens is 1. The molecule has 0 saturated heterocycles. The summed E-state index contributed by atoms with van der Waals surface area (Å²) in [7, 11) is -2.02. The van der Waals surface area contributed by atoms with Crippen molar-refractivity contribution in [2.75, 3.05) is 0 Å². The van der Waals surface area contributed by atoms with Gasteiger partial charge in [0.25, 0.3) is 0 Å². The van der Waals surface area contributed by atoms with Crippen molar-refractivity contribution in [3.63, 3.8) is 0 Å². The highest BCUT2D eigenvalue weighted by Gasteiger charge is 2.57. The van der Waals surface area contributed by atoms with Crippen LogP contribution in [0.15, 0.2) is 24.3 Å². The number of rotatable bonds is 4. The van der Waals surface area contributed by atoms with Gasteiger partial charge in [0.1, 0.15) is 11.7 Å². The Labute approximate surface area is 246 Å². The molecule has 1 spiro atoms. The van der Waals surface area contributed by atoms with Crippen LogP contribution in [-0.2, 0) is 21.2 Å². The number of fused-ring (bicyclic) bond motifs is 4. The van der Waals surface area contributed by atoms with Gasteiger partial charge in [-0.3, -0.25) is 4.98 Å². The van der Waals surface area contributed by atoms with E-state index >= 15 is 0 Å². The van der Waals surface area contributed by atoms with Crippen LogP contribution in [0, 0.1) is 12.3 Å². The van der Waals surface area contributed by atoms with Crippen molar-refractivity contribution < 1.29 is 9.16 Å². The fraction of sp³-hybridized carbons (Fsp3) is 0.667. The van der Waals surface area contributed by atoms with Crippen LogP contribution < -0.4 is 0 Å². The highest BCUT2D eigenvalue weighted by atomic mass is 127. The van der Waals surface area contributed by atoms with Gasteiger partial charge in [-0.25, -0.2) is 0 Å². The van der Waals surface area contributed by atoms with Crippen LogP contribution in [0.1, 0.15) is 131 Å². The normalized spacial score (nSPS) is 28.7. The molecule has 208 valence electrons. The molecule has 2 heterocycles. The smallest absolute Gasteiger partial charge is 0.192 e. The number of hydrogen-bond donors (Lipinski definition) is 0. The first-order valence-electron chi connectivity index (χ1n) is 14.7. The summed E-state index contributed by atoms with van der Waals surface area (Å²) < 4.78 is 15.2. The largest absolute Gasteiger partial charge is 0.410 e. The second kappa shape index (κ2) is 9.66. The molecule has 2 aliphatic carbocycles. The Morgan fingerprint density at radius 1 is 1.11 bits per heavy atom. The zero-order valence-electron chi connectivity index (χ0n) is 25.3. The van der Waals surface area contributed by atoms with E-state index in [9.17, 15) is 0 Å². The predicted octanol–water partition coefficient (Wildman–Crippen LogP) is 9.85. The topological polar surface area (TPSA) is 31.4 Å². The van der Waals surface area contributed by atoms with Gasteiger partial charge in [-0.2, -0.15) is 0 Å². The van der Waals surface area contributed by atoms with Gasteiger partial charge in [-0.15, -0.1) is 0 Å². The summed E-state index contributed by atoms with van der Waals surface area (Å²) in [4.78, 5) is 5.55. The molecule has 38 heavy (non-hydrogen) atoms. The average Bonchev–Trinajstić information content (AvgIpc) is 3.32. The molecule has 5 heteroatoms. The Hall–Kier alpha value is -0.763. The molecule has 5 rings (SSSR count). The van der Waals surface area contributed by atoms with Crippen LogP contribution in [0.4, 0.5) is 0 Å². The van der Waals surface area contributed by atoms with Crippen molar-refractivity contribution in [3.05, 3.63) is 63.5 Å². The zero-order valence-corrected chi connectivity index (χ0v) is 28.5. The number of benzene rings is 1. The van der Waals surface area contributed by atoms with Gasteiger partial charge in [0, 0.05) is 32.0 Å². The lowest BCUT2D eigenvalue weighted by molar-refractivity contribution is -0.0514. The van der Waals surface area contributed by atoms with E-state index in [1.54, 1.807) is 0 Å². The Kier molecular flexibility index (Phi) is 7.31. The van der Waals surface area contributed by atoms with Crippen molar-refractivity contribution in [2.45, 2.75) is 133 Å². The van der Waals surface area contributed by atoms with E-state index in [1.807, 2.05) is 0 Å². The number of aryl methyl sites for hydroxylation is 1. The molecular formula is C33H48INO2Si. The molecule has 3 aliphatic rings. The van der Waals surface area contributed by atoms with Crippen LogP contribution in [0.3, 0.4) is 0 Å². The summed E-state index contributed by atoms with van der Waals surface area (Å²) in [6, 6.07) is 9.01. The molecule has 1 aromatic heterocycles. The maximum Gasteiger partial charge on any atom is 0.192 e. The summed E-state index contributed by atoms with van der Waals surface area (Å²) in [5.74, 6) is 0.333. The van der Waals surface area contributed by atoms with Gasteiger partial charge in [0.2, 0.25) is 0 Å². The van der Waals surface area contributed by atoms with Gasteiger partial charge < -0.3 is 9.16 Å². The molecule has 0 N–H and O–H groups in total. The van der Waals surface area contributed by atoms with Crippen molar-refractivity contribution in [1.29, 1.82) is 0 Å². The van der Waals surface area contributed by atoms with Gasteiger partial charge in [0.15, 0.2) is 8.32 Å². The highest BCUT2D eigenvalue weighted by molar-refractivity contribution is 14.1. The quantitative estimate of drug-likeness (QED) is 0.189. The van der Waals surface area contributed by atoms with Crippen molar-refractivity contribution >= 4 is 30.9 Å². The fourth-order valence-electron chi connectivity index (χ4n) is 6.74. The van der Waals surface area contributed by atoms with Crippen LogP contribution in [0.5, 0.6) is 0 Å². The van der Waals surface area contributed by atoms with E-state index in [-0.39, 0.29) is 28.3 Å². The monoisotopic (exact) mass is 645 g/mol. The van der Waals surface area contributed by atoms with E-state index in [4.69, 9.17) is 14.1 Å². The molecule has 1 aliphatic heterocycles. The average molecular weight is 646 g/mol. The first-order valence-corrected chi connectivity index (χ1v) is 18.8. The summed E-state index contributed by atoms with van der Waals surface area (Å²) in [6.45, 7) is 23.5. The molecule has 0 amide bonds. The van der Waals surface area contributed by atoms with Gasteiger partial charge in [0.05, 0.1) is 6.10 Å². The molecule has 2 aromatic rings. The number of pyridine rings is 1. The van der Waals surface area contributed by atoms with Gasteiger partial charge >= 0.3 is 0 Å². The third kappa shape index (κ3) is 4.75. The van der Waals surface area contributed by atoms with E-state index in [2.05, 4.69) is 115 Å². The number of alkyl halides is 1. The van der Waals surface area contributed by atoms with E-state index < -0.39 is 8.32 Å². The van der Waals surface area contributed by atoms with Crippen LogP contribution in [-0.4, -0.2) is 17.2 Å². The number of aromatic nitrogens is 1. The molecular weight excluding hydrogens is 597 g/mol. The lowest BCUT2D eigenvalue weighted by Gasteiger charge is -2.45. The van der Waals surface area contributed by atoms with Crippen LogP contribution in [0.25, 0.3) is 0 Å². The Morgan fingerprint density at radius 2 is 1.76 bits per heavy atom. The molecule has 0 bridgehead atoms. The van der Waals surface area contributed by atoms with E-state index in [1.165, 1.54) is 52.0 Å². The Bertz CT molecular complexity index is 1210. The second-order valence-electron chi connectivity index (χ2n) is 14.9. The maximum atomic E-state index is 7.38. The van der Waals surface area contributed by atoms with Gasteiger partial charge in [-0.1, -0.05) is 101 Å². The molecule has 0 radical (unpaired) electrons. The fourth-order valence-corrected chi connectivity index (χ4v) is 9.22. The highest BCUT2D eigenvalue weighted by Crippen LogP contribution is 2.62. The van der Waals surface area contributed by atoms with Crippen molar-refractivity contribution in [3.8, 4) is 0 Å². The summed E-state index contributed by atoms with van der Waals surface area (Å²) in [5.41, 5.74) is 9.15. The Balaban J connectivity index is 1.80. The molecule has 1 aromatic carbocycles. The SMILES string of the molecule is Cc1ccc([C@H]2OC3(CCCC3I)c3c2c(C(C)C)nc2c3[C@@H](O[Si](C)(C)C(C)(C)C)CC(C)(C)C2)cc1. The minimum Gasteiger partial charge on any atom is -0.410 e. The molecule has 4 atom stereocenters. The van der Waals surface area contributed by atoms with Crippen molar-refractivity contribution in [2.24, 2.45) is 5.41 Å². The van der Waals surface area contributed by atoms with E-state index in [0.29, 0.717) is 9.84 Å². The summed E-state index contributed by atoms with van der Waals surface area (Å²) in [6.07, 6.45) is 5.54. The molecule has 3 nitrogen and oxygen atoms in total. The summed E-state index contributed by atoms with van der Waals surface area (Å²) >= 11 is 2.70. The van der Waals surface area contributed by atoms with Crippen molar-refractivity contribution in [1.82, 2.24) is 4.98 Å². The van der Waals surface area contributed by atoms with Crippen LogP contribution >= 0.6 is 22.6 Å². The third-order valence-electron chi connectivity index (χ3n) is 9.78. The number of ether oxygens (including phenoxy) is 1. The lowest BCUT2D eigenvalue weighted by atomic mass is 9.70. The molecule has 2 unspecified atom stereocenters. The molecule has 1 saturated carbocycles. The Morgan fingerprint density at radius 3 is 2.32 bits per heavy atom. The van der Waals surface area contributed by atoms with Gasteiger partial charge in [-0.05, 0) is 74.1 Å². The predicted molar refractivity (Wildman–Crippen MR) is 169 cm³/mol. The van der Waals surface area contributed by atoms with E-state index in [0.717, 1.165) is 19.3 Å².